The third-order valence-corrected chi connectivity index (χ3v) is 6.13. The summed E-state index contributed by atoms with van der Waals surface area (Å²) in [6, 6.07) is 6.16. The van der Waals surface area contributed by atoms with E-state index in [0.29, 0.717) is 23.3 Å². The number of nitriles is 1. The molecule has 2 aliphatic heterocycles. The average molecular weight is 347 g/mol. The highest BCUT2D eigenvalue weighted by Crippen LogP contribution is 2.38. The number of hydrogen-bond acceptors (Lipinski definition) is 7. The van der Waals surface area contributed by atoms with Crippen molar-refractivity contribution in [3.8, 4) is 6.07 Å². The van der Waals surface area contributed by atoms with E-state index in [0.717, 1.165) is 37.8 Å². The molecule has 2 unspecified atom stereocenters. The zero-order chi connectivity index (χ0) is 17.5. The highest BCUT2D eigenvalue weighted by atomic mass is 15.3. The normalized spacial score (nSPS) is 25.0. The van der Waals surface area contributed by atoms with Crippen LogP contribution in [0.5, 0.6) is 0 Å². The molecule has 3 aliphatic rings. The first-order chi connectivity index (χ1) is 12.8. The molecule has 0 aromatic carbocycles. The number of fused-ring (bicyclic) bond motifs is 1. The first kappa shape index (κ1) is 15.5. The van der Waals surface area contributed by atoms with Crippen molar-refractivity contribution in [1.82, 2.24) is 20.2 Å². The van der Waals surface area contributed by atoms with Gasteiger partial charge in [-0.25, -0.2) is 9.97 Å². The summed E-state index contributed by atoms with van der Waals surface area (Å²) in [5.41, 5.74) is 1.82. The molecule has 2 aromatic heterocycles. The minimum atomic E-state index is 0.575. The van der Waals surface area contributed by atoms with Gasteiger partial charge in [0.1, 0.15) is 18.2 Å². The van der Waals surface area contributed by atoms with Crippen LogP contribution in [0.1, 0.15) is 36.4 Å². The molecular weight excluding hydrogens is 326 g/mol. The summed E-state index contributed by atoms with van der Waals surface area (Å²) in [6.45, 7) is 3.86. The van der Waals surface area contributed by atoms with Crippen LogP contribution in [0, 0.1) is 23.2 Å². The SMILES string of the molecule is N#Cc1ccnnc1N1CC2CN(c3cc(C4CCC4)ncn3)CC2C1. The van der Waals surface area contributed by atoms with Gasteiger partial charge in [-0.15, -0.1) is 5.10 Å². The van der Waals surface area contributed by atoms with Gasteiger partial charge in [0, 0.05) is 55.7 Å². The highest BCUT2D eigenvalue weighted by molar-refractivity contribution is 5.54. The molecule has 0 bridgehead atoms. The van der Waals surface area contributed by atoms with Crippen molar-refractivity contribution in [2.45, 2.75) is 25.2 Å². The zero-order valence-electron chi connectivity index (χ0n) is 14.6. The number of anilines is 2. The minimum Gasteiger partial charge on any atom is -0.356 e. The monoisotopic (exact) mass is 347 g/mol. The Morgan fingerprint density at radius 3 is 2.50 bits per heavy atom. The van der Waals surface area contributed by atoms with Crippen LogP contribution in [0.15, 0.2) is 24.7 Å². The van der Waals surface area contributed by atoms with Crippen molar-refractivity contribution >= 4 is 11.6 Å². The third kappa shape index (κ3) is 2.57. The molecule has 0 radical (unpaired) electrons. The van der Waals surface area contributed by atoms with E-state index in [4.69, 9.17) is 0 Å². The van der Waals surface area contributed by atoms with Crippen LogP contribution < -0.4 is 9.80 Å². The third-order valence-electron chi connectivity index (χ3n) is 6.13. The molecule has 7 heteroatoms. The van der Waals surface area contributed by atoms with E-state index in [1.165, 1.54) is 25.0 Å². The fourth-order valence-corrected chi connectivity index (χ4v) is 4.46. The first-order valence-electron chi connectivity index (χ1n) is 9.35. The summed E-state index contributed by atoms with van der Waals surface area (Å²) in [5, 5.41) is 17.5. The van der Waals surface area contributed by atoms with E-state index in [-0.39, 0.29) is 0 Å². The number of hydrogen-bond donors (Lipinski definition) is 0. The van der Waals surface area contributed by atoms with Gasteiger partial charge in [-0.3, -0.25) is 0 Å². The molecule has 1 aliphatic carbocycles. The smallest absolute Gasteiger partial charge is 0.169 e. The maximum absolute atomic E-state index is 9.30. The van der Waals surface area contributed by atoms with E-state index >= 15 is 0 Å². The van der Waals surface area contributed by atoms with Crippen molar-refractivity contribution in [3.05, 3.63) is 35.9 Å². The molecule has 3 fully saturated rings. The Kier molecular flexibility index (Phi) is 3.70. The Labute approximate surface area is 152 Å². The Morgan fingerprint density at radius 2 is 1.81 bits per heavy atom. The lowest BCUT2D eigenvalue weighted by Crippen LogP contribution is -2.30. The lowest BCUT2D eigenvalue weighted by Gasteiger charge is -2.26. The van der Waals surface area contributed by atoms with Crippen molar-refractivity contribution in [2.75, 3.05) is 36.0 Å². The second-order valence-corrected chi connectivity index (χ2v) is 7.64. The second-order valence-electron chi connectivity index (χ2n) is 7.64. The molecule has 0 N–H and O–H groups in total. The van der Waals surface area contributed by atoms with Crippen LogP contribution in [-0.2, 0) is 0 Å². The van der Waals surface area contributed by atoms with Gasteiger partial charge in [-0.05, 0) is 18.9 Å². The van der Waals surface area contributed by atoms with E-state index in [1.54, 1.807) is 18.6 Å². The van der Waals surface area contributed by atoms with E-state index < -0.39 is 0 Å². The van der Waals surface area contributed by atoms with Gasteiger partial charge >= 0.3 is 0 Å². The molecule has 7 nitrogen and oxygen atoms in total. The highest BCUT2D eigenvalue weighted by Gasteiger charge is 2.41. The molecule has 2 atom stereocenters. The average Bonchev–Trinajstić information content (AvgIpc) is 3.19. The van der Waals surface area contributed by atoms with E-state index in [1.807, 2.05) is 0 Å². The molecule has 2 saturated heterocycles. The van der Waals surface area contributed by atoms with Gasteiger partial charge in [-0.1, -0.05) is 6.42 Å². The standard InChI is InChI=1S/C19H21N7/c20-7-14-4-5-23-24-19(14)26-10-15-8-25(9-16(15)11-26)18-6-17(21-12-22-18)13-2-1-3-13/h4-6,12-13,15-16H,1-3,8-11H2. The Hall–Kier alpha value is -2.75. The lowest BCUT2D eigenvalue weighted by molar-refractivity contribution is 0.410. The molecule has 5 rings (SSSR count). The number of aromatic nitrogens is 4. The fraction of sp³-hybridized carbons (Fsp3) is 0.526. The predicted octanol–water partition coefficient (Wildman–Crippen LogP) is 1.98. The maximum Gasteiger partial charge on any atom is 0.169 e. The summed E-state index contributed by atoms with van der Waals surface area (Å²) in [7, 11) is 0. The van der Waals surface area contributed by atoms with E-state index in [2.05, 4.69) is 42.1 Å². The van der Waals surface area contributed by atoms with E-state index in [9.17, 15) is 5.26 Å². The molecular formula is C19H21N7. The molecule has 26 heavy (non-hydrogen) atoms. The van der Waals surface area contributed by atoms with Gasteiger partial charge in [0.25, 0.3) is 0 Å². The largest absolute Gasteiger partial charge is 0.356 e. The summed E-state index contributed by atoms with van der Waals surface area (Å²) in [4.78, 5) is 13.6. The summed E-state index contributed by atoms with van der Waals surface area (Å²) >= 11 is 0. The number of rotatable bonds is 3. The molecule has 4 heterocycles. The summed E-state index contributed by atoms with van der Waals surface area (Å²) in [6.07, 6.45) is 7.14. The Balaban J connectivity index is 1.29. The quantitative estimate of drug-likeness (QED) is 0.839. The second kappa shape index (κ2) is 6.20. The maximum atomic E-state index is 9.30. The van der Waals surface area contributed by atoms with Crippen molar-refractivity contribution < 1.29 is 0 Å². The minimum absolute atomic E-state index is 0.575. The van der Waals surface area contributed by atoms with Crippen LogP contribution >= 0.6 is 0 Å². The predicted molar refractivity (Wildman–Crippen MR) is 96.8 cm³/mol. The van der Waals surface area contributed by atoms with Gasteiger partial charge < -0.3 is 9.80 Å². The van der Waals surface area contributed by atoms with Gasteiger partial charge in [0.05, 0.1) is 11.8 Å². The van der Waals surface area contributed by atoms with Crippen molar-refractivity contribution in [3.63, 3.8) is 0 Å². The van der Waals surface area contributed by atoms with Gasteiger partial charge in [-0.2, -0.15) is 10.4 Å². The van der Waals surface area contributed by atoms with Crippen LogP contribution in [-0.4, -0.2) is 46.3 Å². The molecule has 0 amide bonds. The zero-order valence-corrected chi connectivity index (χ0v) is 14.6. The van der Waals surface area contributed by atoms with Gasteiger partial charge in [0.15, 0.2) is 5.82 Å². The summed E-state index contributed by atoms with van der Waals surface area (Å²) < 4.78 is 0. The molecule has 0 spiro atoms. The Morgan fingerprint density at radius 1 is 1.04 bits per heavy atom. The topological polar surface area (TPSA) is 81.8 Å². The van der Waals surface area contributed by atoms with Crippen molar-refractivity contribution in [1.29, 1.82) is 5.26 Å². The molecule has 2 aromatic rings. The first-order valence-corrected chi connectivity index (χ1v) is 9.35. The summed E-state index contributed by atoms with van der Waals surface area (Å²) in [5.74, 6) is 3.58. The number of nitrogens with zero attached hydrogens (tertiary/aromatic N) is 7. The Bertz CT molecular complexity index is 843. The molecule has 1 saturated carbocycles. The van der Waals surface area contributed by atoms with Crippen LogP contribution in [0.2, 0.25) is 0 Å². The fourth-order valence-electron chi connectivity index (χ4n) is 4.46. The molecule has 132 valence electrons. The van der Waals surface area contributed by atoms with Gasteiger partial charge in [0.2, 0.25) is 0 Å². The van der Waals surface area contributed by atoms with Crippen LogP contribution in [0.4, 0.5) is 11.6 Å². The van der Waals surface area contributed by atoms with Crippen LogP contribution in [0.25, 0.3) is 0 Å². The lowest BCUT2D eigenvalue weighted by atomic mass is 9.83. The van der Waals surface area contributed by atoms with Crippen molar-refractivity contribution in [2.24, 2.45) is 11.8 Å². The van der Waals surface area contributed by atoms with Crippen LogP contribution in [0.3, 0.4) is 0 Å².